The molecule has 11 rings (SSSR count). The zero-order chi connectivity index (χ0) is 42.0. The van der Waals surface area contributed by atoms with E-state index in [4.69, 9.17) is 4.42 Å². The predicted molar refractivity (Wildman–Crippen MR) is 266 cm³/mol. The van der Waals surface area contributed by atoms with Gasteiger partial charge in [0.25, 0.3) is 0 Å². The van der Waals surface area contributed by atoms with Gasteiger partial charge in [-0.25, -0.2) is 0 Å². The third-order valence-electron chi connectivity index (χ3n) is 12.1. The fraction of sp³-hybridized carbons (Fsp3) is 0.0333. The van der Waals surface area contributed by atoms with E-state index in [-0.39, 0.29) is 0 Å². The Bertz CT molecular complexity index is 3140. The van der Waals surface area contributed by atoms with E-state index >= 15 is 0 Å². The lowest BCUT2D eigenvalue weighted by atomic mass is 9.99. The molecule has 1 aliphatic carbocycles. The summed E-state index contributed by atoms with van der Waals surface area (Å²) in [4.78, 5) is 4.69. The largest absolute Gasteiger partial charge is 0.456 e. The Hall–Kier alpha value is -8.14. The number of hydrogen-bond donors (Lipinski definition) is 0. The molecule has 1 aliphatic rings. The highest BCUT2D eigenvalue weighted by atomic mass is 16.3. The first-order chi connectivity index (χ1) is 31.2. The number of allylic oxidation sites excluding steroid dienone is 4. The fourth-order valence-corrected chi connectivity index (χ4v) is 8.86. The van der Waals surface area contributed by atoms with Gasteiger partial charge in [0.2, 0.25) is 0 Å². The second-order valence-electron chi connectivity index (χ2n) is 16.1. The molecule has 0 spiro atoms. The number of nitrogens with zero attached hydrogens (tertiary/aromatic N) is 2. The van der Waals surface area contributed by atoms with Crippen LogP contribution in [0.15, 0.2) is 247 Å². The van der Waals surface area contributed by atoms with E-state index in [2.05, 4.69) is 252 Å². The van der Waals surface area contributed by atoms with E-state index in [1.165, 1.54) is 44.5 Å². The maximum Gasteiger partial charge on any atom is 0.135 e. The van der Waals surface area contributed by atoms with Gasteiger partial charge in [0.05, 0.1) is 0 Å². The van der Waals surface area contributed by atoms with E-state index < -0.39 is 0 Å². The average Bonchev–Trinajstić information content (AvgIpc) is 3.73. The van der Waals surface area contributed by atoms with Gasteiger partial charge in [0.1, 0.15) is 11.2 Å². The van der Waals surface area contributed by atoms with Crippen LogP contribution in [0.25, 0.3) is 60.9 Å². The van der Waals surface area contributed by atoms with Crippen molar-refractivity contribution in [3.63, 3.8) is 0 Å². The van der Waals surface area contributed by atoms with Crippen LogP contribution in [0, 0.1) is 0 Å². The van der Waals surface area contributed by atoms with E-state index in [0.717, 1.165) is 68.9 Å². The molecule has 9 aromatic carbocycles. The second-order valence-corrected chi connectivity index (χ2v) is 16.1. The molecule has 0 atom stereocenters. The van der Waals surface area contributed by atoms with Crippen LogP contribution in [0.3, 0.4) is 0 Å². The van der Waals surface area contributed by atoms with Crippen molar-refractivity contribution in [1.82, 2.24) is 0 Å². The summed E-state index contributed by atoms with van der Waals surface area (Å²) in [6.07, 6.45) is 9.02. The molecule has 0 aliphatic heterocycles. The quantitative estimate of drug-likeness (QED) is 0.137. The first-order valence-corrected chi connectivity index (χ1v) is 21.7. The summed E-state index contributed by atoms with van der Waals surface area (Å²) in [5, 5.41) is 2.12. The van der Waals surface area contributed by atoms with Gasteiger partial charge in [-0.1, -0.05) is 158 Å². The smallest absolute Gasteiger partial charge is 0.135 e. The highest BCUT2D eigenvalue weighted by Gasteiger charge is 2.19. The number of hydrogen-bond acceptors (Lipinski definition) is 3. The molecule has 0 bridgehead atoms. The number of rotatable bonds is 10. The van der Waals surface area contributed by atoms with Crippen molar-refractivity contribution < 1.29 is 4.42 Å². The maximum atomic E-state index is 6.57. The minimum atomic E-state index is 0.849. The molecule has 0 unspecified atom stereocenters. The standard InChI is InChI=1S/C60H44N2O/c1-5-13-43(14-6-1)47-21-29-51(30-22-47)61(52-31-23-48(24-32-52)44-15-7-2-8-16-44)55-37-39-59-57(41-55)58-42-56(38-40-60(58)63-59)62(53-33-25-49(26-34-53)45-17-9-3-10-18-45)54-35-27-50(28-36-54)46-19-11-4-12-20-46/h1-3,5-11,13-42H,4,12H2. The molecule has 0 saturated heterocycles. The van der Waals surface area contributed by atoms with Crippen LogP contribution in [0.4, 0.5) is 34.1 Å². The first kappa shape index (κ1) is 37.8. The fourth-order valence-electron chi connectivity index (χ4n) is 8.86. The van der Waals surface area contributed by atoms with Gasteiger partial charge in [-0.3, -0.25) is 0 Å². The average molecular weight is 809 g/mol. The molecule has 1 heterocycles. The van der Waals surface area contributed by atoms with E-state index in [9.17, 15) is 0 Å². The number of benzene rings is 9. The molecular weight excluding hydrogens is 765 g/mol. The maximum absolute atomic E-state index is 6.57. The van der Waals surface area contributed by atoms with Gasteiger partial charge >= 0.3 is 0 Å². The lowest BCUT2D eigenvalue weighted by Gasteiger charge is -2.26. The lowest BCUT2D eigenvalue weighted by molar-refractivity contribution is 0.669. The summed E-state index contributed by atoms with van der Waals surface area (Å²) in [6, 6.07) is 80.4. The Labute approximate surface area is 368 Å². The molecule has 3 nitrogen and oxygen atoms in total. The van der Waals surface area contributed by atoms with Crippen molar-refractivity contribution in [3.05, 3.63) is 248 Å². The van der Waals surface area contributed by atoms with E-state index in [1.54, 1.807) is 0 Å². The molecule has 1 aromatic heterocycles. The van der Waals surface area contributed by atoms with Crippen molar-refractivity contribution in [3.8, 4) is 33.4 Å². The monoisotopic (exact) mass is 808 g/mol. The van der Waals surface area contributed by atoms with Gasteiger partial charge in [-0.2, -0.15) is 0 Å². The van der Waals surface area contributed by atoms with E-state index in [0.29, 0.717) is 0 Å². The van der Waals surface area contributed by atoms with Crippen LogP contribution in [0.5, 0.6) is 0 Å². The molecule has 300 valence electrons. The molecule has 0 fully saturated rings. The third kappa shape index (κ3) is 7.62. The Kier molecular flexibility index (Phi) is 10.0. The van der Waals surface area contributed by atoms with Gasteiger partial charge in [-0.05, 0) is 142 Å². The van der Waals surface area contributed by atoms with Crippen LogP contribution >= 0.6 is 0 Å². The first-order valence-electron chi connectivity index (χ1n) is 21.7. The summed E-state index contributed by atoms with van der Waals surface area (Å²) < 4.78 is 6.57. The molecule has 3 heteroatoms. The molecule has 0 saturated carbocycles. The van der Waals surface area contributed by atoms with Gasteiger partial charge in [0.15, 0.2) is 0 Å². The van der Waals surface area contributed by atoms with Crippen LogP contribution in [-0.4, -0.2) is 0 Å². The number of fused-ring (bicyclic) bond motifs is 3. The highest BCUT2D eigenvalue weighted by molar-refractivity contribution is 6.08. The van der Waals surface area contributed by atoms with Crippen LogP contribution in [0.1, 0.15) is 18.4 Å². The van der Waals surface area contributed by atoms with Crippen LogP contribution in [-0.2, 0) is 0 Å². The zero-order valence-electron chi connectivity index (χ0n) is 34.8. The summed E-state index contributed by atoms with van der Waals surface area (Å²) in [7, 11) is 0. The minimum Gasteiger partial charge on any atom is -0.456 e. The van der Waals surface area contributed by atoms with Crippen molar-refractivity contribution in [2.24, 2.45) is 0 Å². The summed E-state index contributed by atoms with van der Waals surface area (Å²) in [6.45, 7) is 0. The molecule has 0 amide bonds. The summed E-state index contributed by atoms with van der Waals surface area (Å²) >= 11 is 0. The van der Waals surface area contributed by atoms with Gasteiger partial charge in [-0.15, -0.1) is 0 Å². The summed E-state index contributed by atoms with van der Waals surface area (Å²) in [5.41, 5.74) is 17.7. The van der Waals surface area contributed by atoms with Crippen molar-refractivity contribution >= 4 is 61.6 Å². The third-order valence-corrected chi connectivity index (χ3v) is 12.1. The Morgan fingerprint density at radius 3 is 0.984 bits per heavy atom. The van der Waals surface area contributed by atoms with Gasteiger partial charge < -0.3 is 14.2 Å². The van der Waals surface area contributed by atoms with Crippen molar-refractivity contribution in [2.45, 2.75) is 12.8 Å². The molecule has 10 aromatic rings. The van der Waals surface area contributed by atoms with E-state index in [1.807, 2.05) is 0 Å². The Morgan fingerprint density at radius 2 is 0.635 bits per heavy atom. The molecule has 0 radical (unpaired) electrons. The summed E-state index contributed by atoms with van der Waals surface area (Å²) in [5.74, 6) is 0. The Morgan fingerprint density at radius 1 is 0.302 bits per heavy atom. The minimum absolute atomic E-state index is 0.849. The second kappa shape index (κ2) is 16.7. The molecule has 63 heavy (non-hydrogen) atoms. The van der Waals surface area contributed by atoms with Crippen molar-refractivity contribution in [1.29, 1.82) is 0 Å². The number of furan rings is 1. The van der Waals surface area contributed by atoms with Crippen LogP contribution in [0.2, 0.25) is 0 Å². The van der Waals surface area contributed by atoms with Crippen LogP contribution < -0.4 is 9.80 Å². The Balaban J connectivity index is 1.02. The highest BCUT2D eigenvalue weighted by Crippen LogP contribution is 2.43. The molecule has 0 N–H and O–H groups in total. The van der Waals surface area contributed by atoms with Gasteiger partial charge in [0, 0.05) is 44.9 Å². The van der Waals surface area contributed by atoms with Crippen molar-refractivity contribution in [2.75, 3.05) is 9.80 Å². The predicted octanol–water partition coefficient (Wildman–Crippen LogP) is 17.3. The topological polar surface area (TPSA) is 19.6 Å². The molecular formula is C60H44N2O. The normalized spacial score (nSPS) is 12.3. The zero-order valence-corrected chi connectivity index (χ0v) is 34.8. The lowest BCUT2D eigenvalue weighted by Crippen LogP contribution is -2.10. The number of anilines is 6. The SMILES string of the molecule is C1=CC(c2ccc(N(c3ccc(-c4ccccc4)cc3)c3ccc4oc5ccc(N(c6ccc(-c7ccccc7)cc6)c6ccc(-c7ccccc7)cc6)cc5c4c3)cc2)=CCC1.